The number of likely N-dealkylation sites (tertiary alicyclic amines) is 1. The van der Waals surface area contributed by atoms with Gasteiger partial charge in [-0.15, -0.1) is 0 Å². The van der Waals surface area contributed by atoms with Crippen LogP contribution in [0.1, 0.15) is 43.0 Å². The number of hydrogen-bond acceptors (Lipinski definition) is 2. The smallest absolute Gasteiger partial charge is 0.257 e. The van der Waals surface area contributed by atoms with Gasteiger partial charge in [0.15, 0.2) is 0 Å². The van der Waals surface area contributed by atoms with Crippen LogP contribution in [0.25, 0.3) is 0 Å². The molecule has 0 bridgehead atoms. The van der Waals surface area contributed by atoms with Crippen molar-refractivity contribution >= 4 is 5.91 Å². The van der Waals surface area contributed by atoms with Crippen molar-refractivity contribution in [2.24, 2.45) is 0 Å². The molecule has 1 aliphatic rings. The van der Waals surface area contributed by atoms with Crippen LogP contribution >= 0.6 is 0 Å². The van der Waals surface area contributed by atoms with Crippen molar-refractivity contribution < 1.29 is 9.53 Å². The molecule has 1 unspecified atom stereocenters. The number of carbonyl (C=O) groups is 1. The summed E-state index contributed by atoms with van der Waals surface area (Å²) >= 11 is 0. The van der Waals surface area contributed by atoms with Crippen molar-refractivity contribution in [1.82, 2.24) is 4.90 Å². The molecule has 1 aromatic carbocycles. The van der Waals surface area contributed by atoms with E-state index in [0.717, 1.165) is 25.8 Å². The summed E-state index contributed by atoms with van der Waals surface area (Å²) in [4.78, 5) is 14.6. The lowest BCUT2D eigenvalue weighted by molar-refractivity contribution is 0.0604. The number of benzene rings is 1. The van der Waals surface area contributed by atoms with Gasteiger partial charge in [-0.2, -0.15) is 0 Å². The summed E-state index contributed by atoms with van der Waals surface area (Å²) in [6.45, 7) is 3.02. The largest absolute Gasteiger partial charge is 0.496 e. The molecule has 0 saturated carbocycles. The van der Waals surface area contributed by atoms with Gasteiger partial charge in [0.1, 0.15) is 5.75 Å². The first kappa shape index (κ1) is 12.9. The summed E-state index contributed by atoms with van der Waals surface area (Å²) < 4.78 is 5.28. The summed E-state index contributed by atoms with van der Waals surface area (Å²) in [5.41, 5.74) is 0.681. The van der Waals surface area contributed by atoms with Crippen LogP contribution in [-0.2, 0) is 0 Å². The second-order valence-electron chi connectivity index (χ2n) is 4.76. The van der Waals surface area contributed by atoms with Crippen LogP contribution in [0.4, 0.5) is 0 Å². The Balaban J connectivity index is 2.24. The maximum Gasteiger partial charge on any atom is 0.257 e. The lowest BCUT2D eigenvalue weighted by Gasteiger charge is -2.35. The van der Waals surface area contributed by atoms with Gasteiger partial charge >= 0.3 is 0 Å². The third-order valence-electron chi connectivity index (χ3n) is 3.70. The van der Waals surface area contributed by atoms with E-state index in [4.69, 9.17) is 4.74 Å². The minimum absolute atomic E-state index is 0.110. The van der Waals surface area contributed by atoms with Gasteiger partial charge in [0.2, 0.25) is 0 Å². The summed E-state index contributed by atoms with van der Waals surface area (Å²) in [6, 6.07) is 7.86. The van der Waals surface area contributed by atoms with Gasteiger partial charge in [0.05, 0.1) is 12.7 Å². The van der Waals surface area contributed by atoms with Gasteiger partial charge < -0.3 is 9.64 Å². The number of methoxy groups -OCH3 is 1. The Kier molecular flexibility index (Phi) is 4.24. The van der Waals surface area contributed by atoms with E-state index in [1.807, 2.05) is 29.2 Å². The SMILES string of the molecule is CCC1CCCCN1C(=O)c1ccccc1OC. The zero-order chi connectivity index (χ0) is 13.0. The van der Waals surface area contributed by atoms with Crippen LogP contribution in [0, 0.1) is 0 Å². The molecule has 1 fully saturated rings. The highest BCUT2D eigenvalue weighted by Crippen LogP contribution is 2.25. The van der Waals surface area contributed by atoms with Crippen molar-refractivity contribution in [2.45, 2.75) is 38.6 Å². The minimum atomic E-state index is 0.110. The van der Waals surface area contributed by atoms with Crippen LogP contribution in [0.5, 0.6) is 5.75 Å². The Morgan fingerprint density at radius 3 is 2.89 bits per heavy atom. The fraction of sp³-hybridized carbons (Fsp3) is 0.533. The Morgan fingerprint density at radius 1 is 1.39 bits per heavy atom. The third-order valence-corrected chi connectivity index (χ3v) is 3.70. The molecule has 98 valence electrons. The van der Waals surface area contributed by atoms with Crippen molar-refractivity contribution in [2.75, 3.05) is 13.7 Å². The Morgan fingerprint density at radius 2 is 2.17 bits per heavy atom. The molecule has 0 spiro atoms. The maximum atomic E-state index is 12.6. The molecule has 3 nitrogen and oxygen atoms in total. The van der Waals surface area contributed by atoms with E-state index in [-0.39, 0.29) is 5.91 Å². The number of ether oxygens (including phenoxy) is 1. The number of carbonyl (C=O) groups excluding carboxylic acids is 1. The average Bonchev–Trinajstić information content (AvgIpc) is 2.46. The molecule has 0 radical (unpaired) electrons. The average molecular weight is 247 g/mol. The van der Waals surface area contributed by atoms with Gasteiger partial charge in [0.25, 0.3) is 5.91 Å². The summed E-state index contributed by atoms with van der Waals surface area (Å²) in [5.74, 6) is 0.780. The number of nitrogens with zero attached hydrogens (tertiary/aromatic N) is 1. The molecule has 2 rings (SSSR count). The molecule has 0 N–H and O–H groups in total. The molecule has 1 heterocycles. The normalized spacial score (nSPS) is 19.7. The fourth-order valence-corrected chi connectivity index (χ4v) is 2.67. The second-order valence-corrected chi connectivity index (χ2v) is 4.76. The Hall–Kier alpha value is -1.51. The molecular weight excluding hydrogens is 226 g/mol. The van der Waals surface area contributed by atoms with Crippen LogP contribution < -0.4 is 4.74 Å². The van der Waals surface area contributed by atoms with Crippen LogP contribution in [0.3, 0.4) is 0 Å². The van der Waals surface area contributed by atoms with E-state index < -0.39 is 0 Å². The Bertz CT molecular complexity index is 417. The molecule has 1 amide bonds. The molecule has 1 aliphatic heterocycles. The lowest BCUT2D eigenvalue weighted by atomic mass is 9.98. The number of hydrogen-bond donors (Lipinski definition) is 0. The van der Waals surface area contributed by atoms with Crippen LogP contribution in [0.15, 0.2) is 24.3 Å². The number of piperidine rings is 1. The highest BCUT2D eigenvalue weighted by Gasteiger charge is 2.27. The van der Waals surface area contributed by atoms with Crippen LogP contribution in [0.2, 0.25) is 0 Å². The third kappa shape index (κ3) is 2.50. The van der Waals surface area contributed by atoms with E-state index in [0.29, 0.717) is 17.4 Å². The number of para-hydroxylation sites is 1. The predicted octanol–water partition coefficient (Wildman–Crippen LogP) is 3.10. The van der Waals surface area contributed by atoms with Crippen LogP contribution in [-0.4, -0.2) is 30.5 Å². The molecule has 1 aromatic rings. The van der Waals surface area contributed by atoms with Crippen molar-refractivity contribution in [1.29, 1.82) is 0 Å². The summed E-state index contributed by atoms with van der Waals surface area (Å²) in [5, 5.41) is 0. The van der Waals surface area contributed by atoms with Gasteiger partial charge in [0, 0.05) is 12.6 Å². The molecule has 0 aliphatic carbocycles. The molecule has 3 heteroatoms. The number of rotatable bonds is 3. The van der Waals surface area contributed by atoms with Gasteiger partial charge in [-0.3, -0.25) is 4.79 Å². The second kappa shape index (κ2) is 5.89. The molecular formula is C15H21NO2. The highest BCUT2D eigenvalue weighted by atomic mass is 16.5. The molecule has 18 heavy (non-hydrogen) atoms. The van der Waals surface area contributed by atoms with Crippen molar-refractivity contribution in [3.05, 3.63) is 29.8 Å². The summed E-state index contributed by atoms with van der Waals surface area (Å²) in [6.07, 6.45) is 4.49. The molecule has 0 aromatic heterocycles. The maximum absolute atomic E-state index is 12.6. The fourth-order valence-electron chi connectivity index (χ4n) is 2.67. The van der Waals surface area contributed by atoms with E-state index in [1.54, 1.807) is 7.11 Å². The number of amides is 1. The first-order chi connectivity index (χ1) is 8.77. The van der Waals surface area contributed by atoms with E-state index in [2.05, 4.69) is 6.92 Å². The zero-order valence-corrected chi connectivity index (χ0v) is 11.2. The van der Waals surface area contributed by atoms with Crippen molar-refractivity contribution in [3.8, 4) is 5.75 Å². The summed E-state index contributed by atoms with van der Waals surface area (Å²) in [7, 11) is 1.61. The zero-order valence-electron chi connectivity index (χ0n) is 11.2. The van der Waals surface area contributed by atoms with Gasteiger partial charge in [-0.25, -0.2) is 0 Å². The van der Waals surface area contributed by atoms with Crippen molar-refractivity contribution in [3.63, 3.8) is 0 Å². The van der Waals surface area contributed by atoms with Gasteiger partial charge in [-0.05, 0) is 37.8 Å². The van der Waals surface area contributed by atoms with Gasteiger partial charge in [-0.1, -0.05) is 19.1 Å². The Labute approximate surface area is 109 Å². The standard InChI is InChI=1S/C15H21NO2/c1-3-12-8-6-7-11-16(12)15(17)13-9-4-5-10-14(13)18-2/h4-5,9-10,12H,3,6-8,11H2,1-2H3. The minimum Gasteiger partial charge on any atom is -0.496 e. The van der Waals surface area contributed by atoms with E-state index >= 15 is 0 Å². The lowest BCUT2D eigenvalue weighted by Crippen LogP contribution is -2.43. The first-order valence-corrected chi connectivity index (χ1v) is 6.72. The quantitative estimate of drug-likeness (QED) is 0.821. The predicted molar refractivity (Wildman–Crippen MR) is 72.0 cm³/mol. The molecule has 1 saturated heterocycles. The van der Waals surface area contributed by atoms with E-state index in [9.17, 15) is 4.79 Å². The monoisotopic (exact) mass is 247 g/mol. The topological polar surface area (TPSA) is 29.5 Å². The van der Waals surface area contributed by atoms with E-state index in [1.165, 1.54) is 6.42 Å². The highest BCUT2D eigenvalue weighted by molar-refractivity contribution is 5.97. The molecule has 1 atom stereocenters. The first-order valence-electron chi connectivity index (χ1n) is 6.72.